The summed E-state index contributed by atoms with van der Waals surface area (Å²) in [5, 5.41) is 21.5. The van der Waals surface area contributed by atoms with Gasteiger partial charge >= 0.3 is 5.97 Å². The Balaban J connectivity index is 1.53. The Labute approximate surface area is 158 Å². The number of hydrogen-bond donors (Lipinski definition) is 3. The lowest BCUT2D eigenvalue weighted by Gasteiger charge is -2.50. The van der Waals surface area contributed by atoms with Gasteiger partial charge in [0.25, 0.3) is 0 Å². The van der Waals surface area contributed by atoms with E-state index in [2.05, 4.69) is 9.88 Å². The number of hydrogen-bond acceptors (Lipinski definition) is 5. The van der Waals surface area contributed by atoms with Crippen molar-refractivity contribution in [3.63, 3.8) is 0 Å². The number of nitrogens with zero attached hydrogens (tertiary/aromatic N) is 1. The number of benzene rings is 1. The van der Waals surface area contributed by atoms with Crippen LogP contribution in [0.15, 0.2) is 18.2 Å². The molecule has 2 aromatic rings. The zero-order valence-electron chi connectivity index (χ0n) is 15.5. The summed E-state index contributed by atoms with van der Waals surface area (Å²) in [6, 6.07) is 5.74. The van der Waals surface area contributed by atoms with E-state index in [1.807, 2.05) is 6.07 Å². The van der Waals surface area contributed by atoms with Crippen LogP contribution >= 0.6 is 0 Å². The largest absolute Gasteiger partial charge is 0.508 e. The van der Waals surface area contributed by atoms with Crippen molar-refractivity contribution in [2.75, 3.05) is 20.2 Å². The minimum absolute atomic E-state index is 0.146. The Morgan fingerprint density at radius 3 is 3.00 bits per heavy atom. The van der Waals surface area contributed by atoms with E-state index in [0.29, 0.717) is 12.3 Å². The number of nitrogens with one attached hydrogen (secondary N) is 1. The van der Waals surface area contributed by atoms with Crippen molar-refractivity contribution in [1.82, 2.24) is 9.88 Å². The number of rotatable bonds is 1. The first kappa shape index (κ1) is 17.1. The average molecular weight is 370 g/mol. The number of aromatic amines is 1. The van der Waals surface area contributed by atoms with Crippen LogP contribution in [0, 0.1) is 17.8 Å². The van der Waals surface area contributed by atoms with E-state index in [0.717, 1.165) is 37.9 Å². The second-order valence-corrected chi connectivity index (χ2v) is 8.36. The van der Waals surface area contributed by atoms with Gasteiger partial charge in [-0.05, 0) is 55.2 Å². The Bertz CT molecular complexity index is 892. The first-order chi connectivity index (χ1) is 13.1. The molecule has 6 nitrogen and oxygen atoms in total. The quantitative estimate of drug-likeness (QED) is 0.671. The number of aliphatic hydroxyl groups is 1. The van der Waals surface area contributed by atoms with E-state index in [-0.39, 0.29) is 23.7 Å². The van der Waals surface area contributed by atoms with Crippen molar-refractivity contribution in [3.05, 3.63) is 29.5 Å². The summed E-state index contributed by atoms with van der Waals surface area (Å²) in [5.74, 6) is 0.151. The fourth-order valence-electron chi connectivity index (χ4n) is 5.85. The van der Waals surface area contributed by atoms with Crippen LogP contribution in [0.1, 0.15) is 36.6 Å². The zero-order valence-corrected chi connectivity index (χ0v) is 15.5. The van der Waals surface area contributed by atoms with Gasteiger partial charge in [-0.3, -0.25) is 9.69 Å². The molecule has 6 heteroatoms. The fourth-order valence-corrected chi connectivity index (χ4v) is 5.85. The molecule has 3 heterocycles. The molecule has 5 atom stereocenters. The summed E-state index contributed by atoms with van der Waals surface area (Å²) in [4.78, 5) is 18.5. The number of fused-ring (bicyclic) bond motifs is 6. The molecule has 0 radical (unpaired) electrons. The summed E-state index contributed by atoms with van der Waals surface area (Å²) in [7, 11) is 1.41. The van der Waals surface area contributed by atoms with Crippen molar-refractivity contribution < 1.29 is 19.7 Å². The summed E-state index contributed by atoms with van der Waals surface area (Å²) in [6.07, 6.45) is 2.89. The third kappa shape index (κ3) is 2.57. The van der Waals surface area contributed by atoms with Crippen LogP contribution in [0.3, 0.4) is 0 Å². The van der Waals surface area contributed by atoms with E-state index < -0.39 is 12.0 Å². The highest BCUT2D eigenvalue weighted by Crippen LogP contribution is 2.49. The van der Waals surface area contributed by atoms with Gasteiger partial charge in [0.15, 0.2) is 0 Å². The maximum atomic E-state index is 12.4. The number of piperidine rings is 1. The molecule has 2 fully saturated rings. The summed E-state index contributed by atoms with van der Waals surface area (Å²) in [5.41, 5.74) is 3.51. The lowest BCUT2D eigenvalue weighted by Crippen LogP contribution is -2.53. The summed E-state index contributed by atoms with van der Waals surface area (Å²) in [6.45, 7) is 1.98. The highest BCUT2D eigenvalue weighted by Gasteiger charge is 2.49. The smallest absolute Gasteiger partial charge is 0.311 e. The lowest BCUT2D eigenvalue weighted by atomic mass is 9.65. The fraction of sp³-hybridized carbons (Fsp3) is 0.571. The number of aromatic hydroxyl groups is 1. The molecule has 0 spiro atoms. The van der Waals surface area contributed by atoms with Crippen LogP contribution in [-0.2, 0) is 16.0 Å². The Morgan fingerprint density at radius 2 is 2.19 bits per heavy atom. The van der Waals surface area contributed by atoms with Crippen LogP contribution in [0.4, 0.5) is 0 Å². The topological polar surface area (TPSA) is 85.8 Å². The maximum absolute atomic E-state index is 12.4. The molecular weight excluding hydrogens is 344 g/mol. The van der Waals surface area contributed by atoms with Crippen LogP contribution in [-0.4, -0.2) is 52.4 Å². The van der Waals surface area contributed by atoms with Gasteiger partial charge in [-0.1, -0.05) is 0 Å². The molecule has 27 heavy (non-hydrogen) atoms. The monoisotopic (exact) mass is 370 g/mol. The summed E-state index contributed by atoms with van der Waals surface area (Å²) < 4.78 is 5.03. The third-order valence-corrected chi connectivity index (χ3v) is 7.10. The second kappa shape index (κ2) is 6.24. The molecule has 5 unspecified atom stereocenters. The van der Waals surface area contributed by atoms with Gasteiger partial charge in [0.1, 0.15) is 5.75 Å². The number of carbonyl (C=O) groups is 1. The third-order valence-electron chi connectivity index (χ3n) is 7.10. The van der Waals surface area contributed by atoms with Gasteiger partial charge in [-0.15, -0.1) is 0 Å². The lowest BCUT2D eigenvalue weighted by molar-refractivity contribution is -0.160. The van der Waals surface area contributed by atoms with E-state index in [9.17, 15) is 15.0 Å². The predicted molar refractivity (Wildman–Crippen MR) is 100 cm³/mol. The zero-order chi connectivity index (χ0) is 18.7. The molecule has 1 aromatic carbocycles. The average Bonchev–Trinajstić information content (AvgIpc) is 3.04. The van der Waals surface area contributed by atoms with E-state index in [1.165, 1.54) is 23.8 Å². The SMILES string of the molecule is COC(=O)C1C(O)CCC2CN3CCc4c([nH]c5cc(O)ccc45)C3CC21. The van der Waals surface area contributed by atoms with E-state index in [1.54, 1.807) is 12.1 Å². The Morgan fingerprint density at radius 1 is 1.33 bits per heavy atom. The molecule has 144 valence electrons. The Kier molecular flexibility index (Phi) is 3.95. The highest BCUT2D eigenvalue weighted by atomic mass is 16.5. The van der Waals surface area contributed by atoms with Gasteiger partial charge in [0.05, 0.1) is 25.2 Å². The summed E-state index contributed by atoms with van der Waals surface area (Å²) >= 11 is 0. The predicted octanol–water partition coefficient (Wildman–Crippen LogP) is 2.35. The van der Waals surface area contributed by atoms with Gasteiger partial charge in [0, 0.05) is 35.8 Å². The van der Waals surface area contributed by atoms with Crippen LogP contribution < -0.4 is 0 Å². The number of phenolic OH excluding ortho intramolecular Hbond substituents is 1. The van der Waals surface area contributed by atoms with Crippen LogP contribution in [0.25, 0.3) is 10.9 Å². The second-order valence-electron chi connectivity index (χ2n) is 8.36. The minimum atomic E-state index is -0.604. The van der Waals surface area contributed by atoms with Crippen molar-refractivity contribution in [1.29, 1.82) is 0 Å². The molecule has 3 N–H and O–H groups in total. The van der Waals surface area contributed by atoms with E-state index in [4.69, 9.17) is 4.74 Å². The van der Waals surface area contributed by atoms with Crippen LogP contribution in [0.2, 0.25) is 0 Å². The van der Waals surface area contributed by atoms with Gasteiger partial charge < -0.3 is 19.9 Å². The van der Waals surface area contributed by atoms with Crippen LogP contribution in [0.5, 0.6) is 5.75 Å². The maximum Gasteiger partial charge on any atom is 0.311 e. The molecule has 1 aliphatic carbocycles. The van der Waals surface area contributed by atoms with Gasteiger partial charge in [0.2, 0.25) is 0 Å². The number of ether oxygens (including phenoxy) is 1. The van der Waals surface area contributed by atoms with Crippen molar-refractivity contribution in [2.45, 2.75) is 37.8 Å². The molecule has 1 saturated heterocycles. The van der Waals surface area contributed by atoms with Crippen molar-refractivity contribution in [2.24, 2.45) is 17.8 Å². The number of methoxy groups -OCH3 is 1. The first-order valence-electron chi connectivity index (χ1n) is 9.90. The number of phenols is 1. The number of esters is 1. The minimum Gasteiger partial charge on any atom is -0.508 e. The molecule has 5 rings (SSSR count). The number of aromatic nitrogens is 1. The molecule has 0 bridgehead atoms. The molecule has 0 amide bonds. The molecular formula is C21H26N2O4. The first-order valence-corrected chi connectivity index (χ1v) is 9.90. The number of H-pyrrole nitrogens is 1. The number of carbonyl (C=O) groups excluding carboxylic acids is 1. The standard InChI is InChI=1S/C21H26N2O4/c1-27-21(26)19-15-9-17-20-14(13-4-3-12(24)8-16(13)22-20)6-7-23(17)10-11(15)2-5-18(19)25/h3-4,8,11,15,17-19,22,24-25H,2,5-7,9-10H2,1H3. The molecule has 1 saturated carbocycles. The van der Waals surface area contributed by atoms with Crippen molar-refractivity contribution in [3.8, 4) is 5.75 Å². The number of aliphatic hydroxyl groups excluding tert-OH is 1. The molecule has 1 aromatic heterocycles. The highest BCUT2D eigenvalue weighted by molar-refractivity contribution is 5.86. The van der Waals surface area contributed by atoms with Gasteiger partial charge in [-0.2, -0.15) is 0 Å². The van der Waals surface area contributed by atoms with Gasteiger partial charge in [-0.25, -0.2) is 0 Å². The van der Waals surface area contributed by atoms with Crippen molar-refractivity contribution >= 4 is 16.9 Å². The molecule has 3 aliphatic rings. The molecule has 2 aliphatic heterocycles. The normalized spacial score (nSPS) is 33.2. The Hall–Kier alpha value is -2.05. The van der Waals surface area contributed by atoms with E-state index >= 15 is 0 Å².